The second-order valence-corrected chi connectivity index (χ2v) is 5.98. The topological polar surface area (TPSA) is 85.6 Å². The SMILES string of the molecule is O=C(NCc1ccccc1)c1nc(-n2cncn2)c2cc(Cl)ccc2n1. The van der Waals surface area contributed by atoms with Crippen LogP contribution in [0.5, 0.6) is 0 Å². The third-order valence-electron chi connectivity index (χ3n) is 3.77. The third-order valence-corrected chi connectivity index (χ3v) is 4.01. The normalized spacial score (nSPS) is 10.8. The molecule has 2 aromatic carbocycles. The number of nitrogens with one attached hydrogen (secondary N) is 1. The van der Waals surface area contributed by atoms with Gasteiger partial charge in [0.25, 0.3) is 5.91 Å². The molecule has 1 amide bonds. The van der Waals surface area contributed by atoms with Gasteiger partial charge in [0, 0.05) is 17.0 Å². The summed E-state index contributed by atoms with van der Waals surface area (Å²) in [4.78, 5) is 25.2. The number of halogens is 1. The minimum Gasteiger partial charge on any atom is -0.345 e. The van der Waals surface area contributed by atoms with Crippen LogP contribution in [-0.4, -0.2) is 30.6 Å². The van der Waals surface area contributed by atoms with Crippen LogP contribution in [0.3, 0.4) is 0 Å². The van der Waals surface area contributed by atoms with Crippen molar-refractivity contribution in [1.29, 1.82) is 0 Å². The van der Waals surface area contributed by atoms with E-state index in [0.717, 1.165) is 5.56 Å². The maximum Gasteiger partial charge on any atom is 0.289 e. The molecule has 4 aromatic rings. The van der Waals surface area contributed by atoms with Gasteiger partial charge < -0.3 is 5.32 Å². The number of hydrogen-bond donors (Lipinski definition) is 1. The predicted molar refractivity (Wildman–Crippen MR) is 97.1 cm³/mol. The van der Waals surface area contributed by atoms with E-state index in [-0.39, 0.29) is 11.7 Å². The average molecular weight is 365 g/mol. The van der Waals surface area contributed by atoms with E-state index in [4.69, 9.17) is 11.6 Å². The fourth-order valence-corrected chi connectivity index (χ4v) is 2.71. The van der Waals surface area contributed by atoms with Gasteiger partial charge >= 0.3 is 0 Å². The molecule has 0 spiro atoms. The summed E-state index contributed by atoms with van der Waals surface area (Å²) >= 11 is 6.09. The first kappa shape index (κ1) is 16.2. The van der Waals surface area contributed by atoms with Crippen LogP contribution in [0.25, 0.3) is 16.7 Å². The van der Waals surface area contributed by atoms with Crippen molar-refractivity contribution in [3.05, 3.63) is 77.6 Å². The van der Waals surface area contributed by atoms with E-state index < -0.39 is 0 Å². The second kappa shape index (κ2) is 6.89. The lowest BCUT2D eigenvalue weighted by molar-refractivity contribution is 0.0941. The van der Waals surface area contributed by atoms with Gasteiger partial charge in [-0.1, -0.05) is 41.9 Å². The van der Waals surface area contributed by atoms with Gasteiger partial charge in [0.15, 0.2) is 5.82 Å². The Hall–Kier alpha value is -3.32. The highest BCUT2D eigenvalue weighted by Gasteiger charge is 2.16. The molecule has 2 heterocycles. The summed E-state index contributed by atoms with van der Waals surface area (Å²) in [5, 5.41) is 8.16. The summed E-state index contributed by atoms with van der Waals surface area (Å²) in [6.07, 6.45) is 2.90. The molecule has 0 unspecified atom stereocenters. The summed E-state index contributed by atoms with van der Waals surface area (Å²) in [6, 6.07) is 14.8. The van der Waals surface area contributed by atoms with Gasteiger partial charge in [0.05, 0.1) is 5.52 Å². The summed E-state index contributed by atoms with van der Waals surface area (Å²) in [5.74, 6) is 0.133. The molecule has 0 radical (unpaired) electrons. The number of hydrogen-bond acceptors (Lipinski definition) is 5. The predicted octanol–water partition coefficient (Wildman–Crippen LogP) is 2.79. The van der Waals surface area contributed by atoms with Crippen LogP contribution in [0.2, 0.25) is 5.02 Å². The lowest BCUT2D eigenvalue weighted by atomic mass is 10.2. The van der Waals surface area contributed by atoms with E-state index in [2.05, 4.69) is 25.4 Å². The quantitative estimate of drug-likeness (QED) is 0.601. The zero-order valence-electron chi connectivity index (χ0n) is 13.5. The number of nitrogens with zero attached hydrogens (tertiary/aromatic N) is 5. The fourth-order valence-electron chi connectivity index (χ4n) is 2.54. The number of aromatic nitrogens is 5. The van der Waals surface area contributed by atoms with E-state index >= 15 is 0 Å². The Bertz CT molecular complexity index is 1070. The van der Waals surface area contributed by atoms with E-state index in [1.54, 1.807) is 18.2 Å². The zero-order valence-corrected chi connectivity index (χ0v) is 14.3. The monoisotopic (exact) mass is 364 g/mol. The molecule has 128 valence electrons. The van der Waals surface area contributed by atoms with Crippen LogP contribution in [0.15, 0.2) is 61.2 Å². The van der Waals surface area contributed by atoms with E-state index in [1.165, 1.54) is 17.3 Å². The smallest absolute Gasteiger partial charge is 0.289 e. The molecule has 0 saturated heterocycles. The molecule has 4 rings (SSSR count). The molecule has 0 fully saturated rings. The molecular formula is C18H13ClN6O. The van der Waals surface area contributed by atoms with Gasteiger partial charge in [-0.2, -0.15) is 5.10 Å². The van der Waals surface area contributed by atoms with Crippen LogP contribution >= 0.6 is 11.6 Å². The molecule has 7 nitrogen and oxygen atoms in total. The Morgan fingerprint density at radius 3 is 2.73 bits per heavy atom. The summed E-state index contributed by atoms with van der Waals surface area (Å²) in [5.41, 5.74) is 1.59. The fraction of sp³-hybridized carbons (Fsp3) is 0.0556. The number of benzene rings is 2. The lowest BCUT2D eigenvalue weighted by Gasteiger charge is -2.09. The number of carbonyl (C=O) groups is 1. The first-order chi connectivity index (χ1) is 12.7. The molecule has 0 saturated carbocycles. The molecule has 0 aliphatic rings. The van der Waals surface area contributed by atoms with Gasteiger partial charge in [-0.15, -0.1) is 0 Å². The number of carbonyl (C=O) groups excluding carboxylic acids is 1. The van der Waals surface area contributed by atoms with Crippen molar-refractivity contribution in [1.82, 2.24) is 30.0 Å². The summed E-state index contributed by atoms with van der Waals surface area (Å²) < 4.78 is 1.48. The molecule has 0 bridgehead atoms. The lowest BCUT2D eigenvalue weighted by Crippen LogP contribution is -2.25. The minimum atomic E-state index is -0.368. The van der Waals surface area contributed by atoms with Crippen molar-refractivity contribution in [2.45, 2.75) is 6.54 Å². The molecular weight excluding hydrogens is 352 g/mol. The molecule has 0 aliphatic carbocycles. The molecule has 0 aliphatic heterocycles. The van der Waals surface area contributed by atoms with Crippen molar-refractivity contribution in [2.75, 3.05) is 0 Å². The Balaban J connectivity index is 1.71. The van der Waals surface area contributed by atoms with Crippen molar-refractivity contribution in [3.63, 3.8) is 0 Å². The van der Waals surface area contributed by atoms with Crippen molar-refractivity contribution in [2.24, 2.45) is 0 Å². The highest BCUT2D eigenvalue weighted by atomic mass is 35.5. The summed E-state index contributed by atoms with van der Waals surface area (Å²) in [7, 11) is 0. The maximum atomic E-state index is 12.5. The second-order valence-electron chi connectivity index (χ2n) is 5.54. The first-order valence-electron chi connectivity index (χ1n) is 7.85. The van der Waals surface area contributed by atoms with Gasteiger partial charge in [0.2, 0.25) is 5.82 Å². The van der Waals surface area contributed by atoms with E-state index in [1.807, 2.05) is 30.3 Å². The number of fused-ring (bicyclic) bond motifs is 1. The average Bonchev–Trinajstić information content (AvgIpc) is 3.20. The van der Waals surface area contributed by atoms with Crippen LogP contribution in [-0.2, 0) is 6.54 Å². The highest BCUT2D eigenvalue weighted by molar-refractivity contribution is 6.31. The Kier molecular flexibility index (Phi) is 4.28. The molecule has 2 aromatic heterocycles. The third kappa shape index (κ3) is 3.25. The van der Waals surface area contributed by atoms with E-state index in [0.29, 0.717) is 28.3 Å². The maximum absolute atomic E-state index is 12.5. The van der Waals surface area contributed by atoms with E-state index in [9.17, 15) is 4.79 Å². The largest absolute Gasteiger partial charge is 0.345 e. The van der Waals surface area contributed by atoms with Crippen molar-refractivity contribution in [3.8, 4) is 5.82 Å². The molecule has 0 atom stereocenters. The van der Waals surface area contributed by atoms with Crippen LogP contribution in [0.4, 0.5) is 0 Å². The molecule has 8 heteroatoms. The first-order valence-corrected chi connectivity index (χ1v) is 8.23. The molecule has 26 heavy (non-hydrogen) atoms. The van der Waals surface area contributed by atoms with Crippen molar-refractivity contribution >= 4 is 28.4 Å². The zero-order chi connectivity index (χ0) is 17.9. The standard InChI is InChI=1S/C18H13ClN6O/c19-13-6-7-15-14(8-13)17(25-11-20-10-22-25)24-16(23-15)18(26)21-9-12-4-2-1-3-5-12/h1-8,10-11H,9H2,(H,21,26). The number of rotatable bonds is 4. The molecule has 1 N–H and O–H groups in total. The van der Waals surface area contributed by atoms with Gasteiger partial charge in [-0.25, -0.2) is 19.6 Å². The van der Waals surface area contributed by atoms with Gasteiger partial charge in [-0.3, -0.25) is 4.79 Å². The summed E-state index contributed by atoms with van der Waals surface area (Å²) in [6.45, 7) is 0.389. The Morgan fingerprint density at radius 1 is 1.12 bits per heavy atom. The van der Waals surface area contributed by atoms with Crippen LogP contribution in [0.1, 0.15) is 16.2 Å². The highest BCUT2D eigenvalue weighted by Crippen LogP contribution is 2.22. The Labute approximate surface area is 153 Å². The van der Waals surface area contributed by atoms with Crippen molar-refractivity contribution < 1.29 is 4.79 Å². The number of amides is 1. The van der Waals surface area contributed by atoms with Gasteiger partial charge in [-0.05, 0) is 23.8 Å². The van der Waals surface area contributed by atoms with Crippen LogP contribution < -0.4 is 5.32 Å². The van der Waals surface area contributed by atoms with Crippen LogP contribution in [0, 0.1) is 0 Å². The Morgan fingerprint density at radius 2 is 1.96 bits per heavy atom. The minimum absolute atomic E-state index is 0.0567. The van der Waals surface area contributed by atoms with Gasteiger partial charge in [0.1, 0.15) is 12.7 Å².